The summed E-state index contributed by atoms with van der Waals surface area (Å²) in [4.78, 5) is 71.1. The number of alkyl carbamates (subject to hydrolysis) is 1. The third kappa shape index (κ3) is 9.32. The Labute approximate surface area is 332 Å². The second-order valence-corrected chi connectivity index (χ2v) is 19.4. The first-order valence-electron chi connectivity index (χ1n) is 18.2. The van der Waals surface area contributed by atoms with Gasteiger partial charge < -0.3 is 25.0 Å². The highest BCUT2D eigenvalue weighted by Crippen LogP contribution is 2.48. The fraction of sp³-hybridized carbons (Fsp3) is 0.583. The quantitative estimate of drug-likeness (QED) is 0.344. The molecule has 5 atom stereocenters. The van der Waals surface area contributed by atoms with E-state index in [4.69, 9.17) is 32.7 Å². The molecule has 2 saturated heterocycles. The van der Waals surface area contributed by atoms with Crippen LogP contribution in [0.15, 0.2) is 29.2 Å². The van der Waals surface area contributed by atoms with Gasteiger partial charge in [-0.1, -0.05) is 67.4 Å². The largest absolute Gasteiger partial charge is 0.444 e. The molecule has 1 aromatic carbocycles. The molecule has 1 saturated carbocycles. The molecular weight excluding hydrogens is 800 g/mol. The topological polar surface area (TPSA) is 181 Å². The Morgan fingerprint density at radius 2 is 1.76 bits per heavy atom. The highest BCUT2D eigenvalue weighted by Gasteiger charge is 2.62. The summed E-state index contributed by atoms with van der Waals surface area (Å²) >= 11 is 12.9. The molecule has 1 aliphatic carbocycles. The summed E-state index contributed by atoms with van der Waals surface area (Å²) in [5.41, 5.74) is -1.47. The number of hydrogen-bond acceptors (Lipinski definition) is 10. The number of nitrogens with zero attached hydrogens (tertiary/aromatic N) is 2. The first-order valence-corrected chi connectivity index (χ1v) is 21.3. The van der Waals surface area contributed by atoms with Gasteiger partial charge in [-0.3, -0.25) is 19.3 Å². The van der Waals surface area contributed by atoms with Crippen LogP contribution < -0.4 is 15.4 Å². The zero-order chi connectivity index (χ0) is 39.9. The zero-order valence-electron chi connectivity index (χ0n) is 30.6. The molecule has 3 fully saturated rings. The van der Waals surface area contributed by atoms with Gasteiger partial charge in [-0.15, -0.1) is 11.3 Å². The van der Waals surface area contributed by atoms with Crippen molar-refractivity contribution in [3.63, 3.8) is 0 Å². The Balaban J connectivity index is 1.26. The van der Waals surface area contributed by atoms with Crippen LogP contribution in [0.3, 0.4) is 0 Å². The van der Waals surface area contributed by atoms with Crippen LogP contribution in [0.2, 0.25) is 8.67 Å². The molecular formula is C36H44Cl2FN5O9S2. The number of halogens is 3. The number of sulfonamides is 1. The van der Waals surface area contributed by atoms with Crippen molar-refractivity contribution < 1.29 is 46.3 Å². The minimum absolute atomic E-state index is 0.0211. The van der Waals surface area contributed by atoms with Crippen LogP contribution in [-0.4, -0.2) is 84.0 Å². The average Bonchev–Trinajstić information content (AvgIpc) is 3.39. The van der Waals surface area contributed by atoms with E-state index in [9.17, 15) is 36.8 Å². The van der Waals surface area contributed by atoms with Crippen LogP contribution in [0, 0.1) is 11.7 Å². The molecule has 3 N–H and O–H groups in total. The molecule has 0 unspecified atom stereocenters. The molecule has 0 spiro atoms. The lowest BCUT2D eigenvalue weighted by molar-refractivity contribution is -0.141. The molecule has 5 amide bonds. The highest BCUT2D eigenvalue weighted by atomic mass is 35.5. The monoisotopic (exact) mass is 843 g/mol. The molecule has 0 radical (unpaired) electrons. The van der Waals surface area contributed by atoms with E-state index in [1.807, 2.05) is 0 Å². The van der Waals surface area contributed by atoms with E-state index < -0.39 is 81.0 Å². The summed E-state index contributed by atoms with van der Waals surface area (Å²) < 4.78 is 54.3. The molecule has 4 heterocycles. The van der Waals surface area contributed by atoms with E-state index >= 15 is 0 Å². The first-order chi connectivity index (χ1) is 25.9. The summed E-state index contributed by atoms with van der Waals surface area (Å²) in [5.74, 6) is -3.20. The van der Waals surface area contributed by atoms with Crippen molar-refractivity contribution in [3.8, 4) is 0 Å². The number of carbonyl (C=O) groups is 5. The Kier molecular flexibility index (Phi) is 12.0. The van der Waals surface area contributed by atoms with Gasteiger partial charge in [0, 0.05) is 18.5 Å². The Morgan fingerprint density at radius 3 is 2.44 bits per heavy atom. The van der Waals surface area contributed by atoms with Crippen molar-refractivity contribution in [1.29, 1.82) is 0 Å². The van der Waals surface area contributed by atoms with Crippen molar-refractivity contribution in [2.75, 3.05) is 6.54 Å². The molecule has 0 bridgehead atoms. The molecule has 2 aromatic rings. The maximum atomic E-state index is 14.5. The standard InChI is InChI=1S/C36H44Cl2FN5O9S2/c1-35(2,3)53-33(48)40-25-13-8-6-4-5-7-11-21-16-36(21,32(47)42-55(50,51)27-15-28(37)54-29(27)38)41-30(45)26-14-22(18-44(26)31(25)46)52-34(49)43-17-20-10-9-12-24(39)23(20)19-43/h9-10,12,15,21-22,25-26H,4-8,11,13-14,16-19H2,1-3H3,(H,40,48)(H,41,45)(H,42,47)/t21-,22+,25-,26-,36-/m0/s1. The minimum Gasteiger partial charge on any atom is -0.444 e. The average molecular weight is 845 g/mol. The smallest absolute Gasteiger partial charge is 0.410 e. The van der Waals surface area contributed by atoms with Gasteiger partial charge in [0.05, 0.1) is 17.4 Å². The van der Waals surface area contributed by atoms with E-state index in [0.717, 1.165) is 36.7 Å². The SMILES string of the molecule is CC(C)(C)OC(=O)N[C@H]1CCCCCCC[C@H]2C[C@]2(C(=O)NS(=O)(=O)c2cc(Cl)sc2Cl)NC(=O)[C@@H]2C[C@@H](OC(=O)N3Cc4cccc(F)c4C3)CN2C1=O. The van der Waals surface area contributed by atoms with E-state index in [-0.39, 0.29) is 52.5 Å². The first kappa shape index (κ1) is 41.0. The summed E-state index contributed by atoms with van der Waals surface area (Å²) in [5, 5.41) is 5.45. The molecule has 6 rings (SSSR count). The van der Waals surface area contributed by atoms with Crippen molar-refractivity contribution in [2.24, 2.45) is 5.92 Å². The number of rotatable bonds is 5. The number of hydrogen-bond donors (Lipinski definition) is 3. The third-order valence-corrected chi connectivity index (χ3v) is 13.4. The summed E-state index contributed by atoms with van der Waals surface area (Å²) in [6.45, 7) is 4.92. The number of benzene rings is 1. The number of thiophene rings is 1. The van der Waals surface area contributed by atoms with Gasteiger partial charge in [-0.2, -0.15) is 0 Å². The lowest BCUT2D eigenvalue weighted by Crippen LogP contribution is -2.58. The van der Waals surface area contributed by atoms with E-state index in [1.54, 1.807) is 32.9 Å². The predicted molar refractivity (Wildman–Crippen MR) is 200 cm³/mol. The fourth-order valence-corrected chi connectivity index (χ4v) is 10.7. The molecule has 300 valence electrons. The van der Waals surface area contributed by atoms with Gasteiger partial charge in [-0.25, -0.2) is 27.1 Å². The zero-order valence-corrected chi connectivity index (χ0v) is 33.8. The van der Waals surface area contributed by atoms with Gasteiger partial charge in [0.25, 0.3) is 15.9 Å². The van der Waals surface area contributed by atoms with Crippen molar-refractivity contribution in [3.05, 3.63) is 49.9 Å². The number of amides is 5. The minimum atomic E-state index is -4.48. The van der Waals surface area contributed by atoms with Crippen LogP contribution >= 0.6 is 34.5 Å². The van der Waals surface area contributed by atoms with E-state index in [1.165, 1.54) is 15.9 Å². The van der Waals surface area contributed by atoms with E-state index in [0.29, 0.717) is 30.4 Å². The molecule has 1 aromatic heterocycles. The Hall–Kier alpha value is -3.67. The van der Waals surface area contributed by atoms with Crippen LogP contribution in [0.4, 0.5) is 14.0 Å². The summed E-state index contributed by atoms with van der Waals surface area (Å²) in [7, 11) is -4.48. The molecule has 14 nitrogen and oxygen atoms in total. The van der Waals surface area contributed by atoms with Crippen molar-refractivity contribution in [2.45, 2.75) is 126 Å². The van der Waals surface area contributed by atoms with Crippen LogP contribution in [0.1, 0.15) is 89.7 Å². The predicted octanol–water partition coefficient (Wildman–Crippen LogP) is 5.63. The Morgan fingerprint density at radius 1 is 1.05 bits per heavy atom. The number of ether oxygens (including phenoxy) is 2. The second-order valence-electron chi connectivity index (χ2n) is 15.5. The highest BCUT2D eigenvalue weighted by molar-refractivity contribution is 7.90. The van der Waals surface area contributed by atoms with Crippen LogP contribution in [-0.2, 0) is 47.0 Å². The lowest BCUT2D eigenvalue weighted by Gasteiger charge is -2.30. The second kappa shape index (κ2) is 16.1. The van der Waals surface area contributed by atoms with Crippen LogP contribution in [0.25, 0.3) is 0 Å². The lowest BCUT2D eigenvalue weighted by atomic mass is 10.0. The van der Waals surface area contributed by atoms with Gasteiger partial charge in [0.1, 0.15) is 44.4 Å². The fourth-order valence-electron chi connectivity index (χ4n) is 7.52. The number of nitrogens with one attached hydrogen (secondary N) is 3. The van der Waals surface area contributed by atoms with Crippen LogP contribution in [0.5, 0.6) is 0 Å². The van der Waals surface area contributed by atoms with Gasteiger partial charge in [0.2, 0.25) is 11.8 Å². The summed E-state index contributed by atoms with van der Waals surface area (Å²) in [6, 6.07) is 3.33. The molecule has 4 aliphatic rings. The third-order valence-electron chi connectivity index (χ3n) is 10.3. The number of carbonyl (C=O) groups excluding carboxylic acids is 5. The summed E-state index contributed by atoms with van der Waals surface area (Å²) in [6.07, 6.45) is 1.76. The maximum Gasteiger partial charge on any atom is 0.410 e. The molecule has 19 heteroatoms. The maximum absolute atomic E-state index is 14.5. The molecule has 55 heavy (non-hydrogen) atoms. The van der Waals surface area contributed by atoms with E-state index in [2.05, 4.69) is 15.4 Å². The van der Waals surface area contributed by atoms with Crippen molar-refractivity contribution in [1.82, 2.24) is 25.2 Å². The van der Waals surface area contributed by atoms with Crippen molar-refractivity contribution >= 4 is 74.5 Å². The normalized spacial score (nSPS) is 26.1. The number of fused-ring (bicyclic) bond motifs is 3. The Bertz CT molecular complexity index is 1980. The molecule has 3 aliphatic heterocycles. The van der Waals surface area contributed by atoms with Gasteiger partial charge in [0.15, 0.2) is 0 Å². The van der Waals surface area contributed by atoms with Gasteiger partial charge in [-0.05, 0) is 63.6 Å². The van der Waals surface area contributed by atoms with Gasteiger partial charge >= 0.3 is 12.2 Å².